The van der Waals surface area contributed by atoms with Gasteiger partial charge in [0, 0.05) is 25.4 Å². The molecule has 0 atom stereocenters. The van der Waals surface area contributed by atoms with Gasteiger partial charge >= 0.3 is 0 Å². The summed E-state index contributed by atoms with van der Waals surface area (Å²) in [6.45, 7) is 2.43. The average Bonchev–Trinajstić information content (AvgIpc) is 2.83. The fraction of sp³-hybridized carbons (Fsp3) is 1.00. The third kappa shape index (κ3) is 4.93. The van der Waals surface area contributed by atoms with Gasteiger partial charge in [0.2, 0.25) is 0 Å². The first-order valence-electron chi connectivity index (χ1n) is 5.15. The minimum atomic E-state index is -2.80. The van der Waals surface area contributed by atoms with Crippen LogP contribution < -0.4 is 5.73 Å². The molecule has 0 aromatic rings. The van der Waals surface area contributed by atoms with Gasteiger partial charge in [-0.1, -0.05) is 0 Å². The Morgan fingerprint density at radius 2 is 2.00 bits per heavy atom. The van der Waals surface area contributed by atoms with E-state index in [1.54, 1.807) is 0 Å². The molecule has 5 heteroatoms. The van der Waals surface area contributed by atoms with Gasteiger partial charge in [-0.05, 0) is 25.8 Å². The largest absolute Gasteiger partial charge is 0.329 e. The molecular formula is C9H20N2O2S. The van der Waals surface area contributed by atoms with Gasteiger partial charge in [-0.15, -0.1) is 0 Å². The second-order valence-corrected chi connectivity index (χ2v) is 6.30. The Labute approximate surface area is 86.4 Å². The maximum Gasteiger partial charge on any atom is 0.147 e. The topological polar surface area (TPSA) is 63.4 Å². The fourth-order valence-electron chi connectivity index (χ4n) is 1.61. The molecule has 0 unspecified atom stereocenters. The molecule has 1 fully saturated rings. The second-order valence-electron chi connectivity index (χ2n) is 4.04. The standard InChI is InChI=1S/C9H20N2O2S/c1-14(12,13)8-2-6-11(7-5-10)9-3-4-9/h9H,2-8,10H2,1H3. The Bertz CT molecular complexity index is 260. The minimum Gasteiger partial charge on any atom is -0.329 e. The van der Waals surface area contributed by atoms with Crippen LogP contribution in [-0.4, -0.2) is 51.0 Å². The summed E-state index contributed by atoms with van der Waals surface area (Å²) >= 11 is 0. The van der Waals surface area contributed by atoms with Crippen molar-refractivity contribution in [2.24, 2.45) is 5.73 Å². The zero-order valence-electron chi connectivity index (χ0n) is 8.78. The van der Waals surface area contributed by atoms with Crippen molar-refractivity contribution in [1.82, 2.24) is 4.90 Å². The normalized spacial score (nSPS) is 17.6. The summed E-state index contributed by atoms with van der Waals surface area (Å²) in [4.78, 5) is 2.31. The highest BCUT2D eigenvalue weighted by Gasteiger charge is 2.27. The predicted molar refractivity (Wildman–Crippen MR) is 58.0 cm³/mol. The molecular weight excluding hydrogens is 200 g/mol. The summed E-state index contributed by atoms with van der Waals surface area (Å²) < 4.78 is 21.8. The summed E-state index contributed by atoms with van der Waals surface area (Å²) in [6, 6.07) is 0.679. The highest BCUT2D eigenvalue weighted by molar-refractivity contribution is 7.90. The zero-order valence-corrected chi connectivity index (χ0v) is 9.59. The van der Waals surface area contributed by atoms with Gasteiger partial charge in [0.15, 0.2) is 0 Å². The summed E-state index contributed by atoms with van der Waals surface area (Å²) in [7, 11) is -2.80. The van der Waals surface area contributed by atoms with Crippen molar-refractivity contribution in [2.75, 3.05) is 31.6 Å². The monoisotopic (exact) mass is 220 g/mol. The molecule has 1 rings (SSSR count). The van der Waals surface area contributed by atoms with E-state index >= 15 is 0 Å². The summed E-state index contributed by atoms with van der Waals surface area (Å²) in [5.41, 5.74) is 5.49. The second kappa shape index (κ2) is 5.09. The molecule has 0 radical (unpaired) electrons. The van der Waals surface area contributed by atoms with E-state index in [1.807, 2.05) is 0 Å². The molecule has 0 aromatic heterocycles. The Morgan fingerprint density at radius 1 is 1.36 bits per heavy atom. The molecule has 0 aliphatic heterocycles. The van der Waals surface area contributed by atoms with Crippen molar-refractivity contribution >= 4 is 9.84 Å². The van der Waals surface area contributed by atoms with Gasteiger partial charge in [0.1, 0.15) is 9.84 Å². The molecule has 0 bridgehead atoms. The average molecular weight is 220 g/mol. The first-order chi connectivity index (χ1) is 6.53. The molecule has 84 valence electrons. The van der Waals surface area contributed by atoms with E-state index in [0.717, 1.165) is 19.5 Å². The van der Waals surface area contributed by atoms with E-state index in [-0.39, 0.29) is 0 Å². The van der Waals surface area contributed by atoms with Crippen LogP contribution in [0.25, 0.3) is 0 Å². The van der Waals surface area contributed by atoms with Crippen molar-refractivity contribution in [3.8, 4) is 0 Å². The Hall–Kier alpha value is -0.130. The predicted octanol–water partition coefficient (Wildman–Crippen LogP) is -0.156. The lowest BCUT2D eigenvalue weighted by molar-refractivity contribution is 0.272. The van der Waals surface area contributed by atoms with Crippen molar-refractivity contribution < 1.29 is 8.42 Å². The van der Waals surface area contributed by atoms with E-state index in [2.05, 4.69) is 4.90 Å². The third-order valence-electron chi connectivity index (χ3n) is 2.44. The molecule has 4 nitrogen and oxygen atoms in total. The van der Waals surface area contributed by atoms with E-state index in [9.17, 15) is 8.42 Å². The van der Waals surface area contributed by atoms with Crippen molar-refractivity contribution in [3.05, 3.63) is 0 Å². The summed E-state index contributed by atoms with van der Waals surface area (Å²) in [6.07, 6.45) is 4.52. The molecule has 0 saturated heterocycles. The maximum atomic E-state index is 10.9. The molecule has 1 saturated carbocycles. The van der Waals surface area contributed by atoms with Crippen molar-refractivity contribution in [1.29, 1.82) is 0 Å². The van der Waals surface area contributed by atoms with Crippen molar-refractivity contribution in [2.45, 2.75) is 25.3 Å². The van der Waals surface area contributed by atoms with Gasteiger partial charge in [-0.3, -0.25) is 4.90 Å². The van der Waals surface area contributed by atoms with Crippen LogP contribution in [0.4, 0.5) is 0 Å². The molecule has 0 aromatic carbocycles. The number of sulfone groups is 1. The fourth-order valence-corrected chi connectivity index (χ4v) is 2.27. The van der Waals surface area contributed by atoms with Crippen LogP contribution >= 0.6 is 0 Å². The lowest BCUT2D eigenvalue weighted by Gasteiger charge is -2.20. The third-order valence-corrected chi connectivity index (χ3v) is 3.47. The van der Waals surface area contributed by atoms with Crippen LogP contribution in [-0.2, 0) is 9.84 Å². The molecule has 0 spiro atoms. The number of rotatable bonds is 7. The summed E-state index contributed by atoms with van der Waals surface area (Å²) in [5.74, 6) is 0.292. The van der Waals surface area contributed by atoms with Crippen LogP contribution in [0, 0.1) is 0 Å². The number of hydrogen-bond donors (Lipinski definition) is 1. The van der Waals surface area contributed by atoms with Crippen LogP contribution in [0.3, 0.4) is 0 Å². The highest BCUT2D eigenvalue weighted by Crippen LogP contribution is 2.26. The number of hydrogen-bond acceptors (Lipinski definition) is 4. The lowest BCUT2D eigenvalue weighted by atomic mass is 10.4. The summed E-state index contributed by atoms with van der Waals surface area (Å²) in [5, 5.41) is 0. The van der Waals surface area contributed by atoms with Gasteiger partial charge < -0.3 is 5.73 Å². The van der Waals surface area contributed by atoms with Crippen LogP contribution in [0.5, 0.6) is 0 Å². The zero-order chi connectivity index (χ0) is 10.6. The van der Waals surface area contributed by atoms with E-state index in [4.69, 9.17) is 5.73 Å². The molecule has 1 aliphatic carbocycles. The molecule has 0 amide bonds. The molecule has 14 heavy (non-hydrogen) atoms. The number of nitrogens with two attached hydrogens (primary N) is 1. The molecule has 0 heterocycles. The van der Waals surface area contributed by atoms with E-state index < -0.39 is 9.84 Å². The Balaban J connectivity index is 2.19. The minimum absolute atomic E-state index is 0.292. The molecule has 2 N–H and O–H groups in total. The highest BCUT2D eigenvalue weighted by atomic mass is 32.2. The smallest absolute Gasteiger partial charge is 0.147 e. The first kappa shape index (κ1) is 11.9. The molecule has 1 aliphatic rings. The van der Waals surface area contributed by atoms with Crippen LogP contribution in [0.15, 0.2) is 0 Å². The number of nitrogens with zero attached hydrogens (tertiary/aromatic N) is 1. The maximum absolute atomic E-state index is 10.9. The Kier molecular flexibility index (Phi) is 4.34. The SMILES string of the molecule is CS(=O)(=O)CCCN(CCN)C1CC1. The van der Waals surface area contributed by atoms with Gasteiger partial charge in [0.05, 0.1) is 5.75 Å². The Morgan fingerprint density at radius 3 is 2.43 bits per heavy atom. The van der Waals surface area contributed by atoms with Gasteiger partial charge in [-0.25, -0.2) is 8.42 Å². The quantitative estimate of drug-likeness (QED) is 0.648. The lowest BCUT2D eigenvalue weighted by Crippen LogP contribution is -2.33. The van der Waals surface area contributed by atoms with Gasteiger partial charge in [0.25, 0.3) is 0 Å². The van der Waals surface area contributed by atoms with Crippen molar-refractivity contribution in [3.63, 3.8) is 0 Å². The van der Waals surface area contributed by atoms with Gasteiger partial charge in [-0.2, -0.15) is 0 Å². The van der Waals surface area contributed by atoms with Crippen LogP contribution in [0.1, 0.15) is 19.3 Å². The van der Waals surface area contributed by atoms with Crippen LogP contribution in [0.2, 0.25) is 0 Å². The first-order valence-corrected chi connectivity index (χ1v) is 7.21. The van der Waals surface area contributed by atoms with E-state index in [1.165, 1.54) is 19.1 Å². The van der Waals surface area contributed by atoms with E-state index in [0.29, 0.717) is 18.3 Å².